The second kappa shape index (κ2) is 5.92. The van der Waals surface area contributed by atoms with E-state index in [0.29, 0.717) is 13.0 Å². The zero-order valence-electron chi connectivity index (χ0n) is 10.8. The highest BCUT2D eigenvalue weighted by molar-refractivity contribution is 7.98. The largest absolute Gasteiger partial charge is 0.481 e. The third-order valence-corrected chi connectivity index (χ3v) is 5.38. The Morgan fingerprint density at radius 1 is 1.50 bits per heavy atom. The molecule has 8 heteroatoms. The summed E-state index contributed by atoms with van der Waals surface area (Å²) in [6, 6.07) is 2.17. The molecule has 3 heterocycles. The molecule has 0 aromatic carbocycles. The quantitative estimate of drug-likeness (QED) is 0.910. The van der Waals surface area contributed by atoms with Crippen molar-refractivity contribution < 1.29 is 9.90 Å². The van der Waals surface area contributed by atoms with Crippen molar-refractivity contribution in [2.75, 3.05) is 5.75 Å². The Morgan fingerprint density at radius 3 is 3.20 bits per heavy atom. The maximum absolute atomic E-state index is 10.6. The first-order chi connectivity index (χ1) is 9.74. The first kappa shape index (κ1) is 13.6. The molecule has 0 fully saturated rings. The molecule has 0 aliphatic carbocycles. The van der Waals surface area contributed by atoms with Crippen LogP contribution in [0.15, 0.2) is 6.07 Å². The fraction of sp³-hybridized carbons (Fsp3) is 0.500. The van der Waals surface area contributed by atoms with Crippen LogP contribution >= 0.6 is 23.1 Å². The van der Waals surface area contributed by atoms with Crippen LogP contribution in [-0.4, -0.2) is 37.0 Å². The number of aryl methyl sites for hydroxylation is 2. The normalized spacial score (nSPS) is 14.2. The van der Waals surface area contributed by atoms with E-state index < -0.39 is 5.97 Å². The van der Waals surface area contributed by atoms with Crippen LogP contribution in [0, 0.1) is 0 Å². The lowest BCUT2D eigenvalue weighted by Gasteiger charge is -2.08. The zero-order chi connectivity index (χ0) is 13.9. The number of thioether (sulfide) groups is 1. The number of hydrogen-bond acceptors (Lipinski definition) is 6. The number of carboxylic acid groups (broad SMARTS) is 1. The summed E-state index contributed by atoms with van der Waals surface area (Å²) in [5.41, 5.74) is 1.39. The summed E-state index contributed by atoms with van der Waals surface area (Å²) in [4.78, 5) is 13.1. The van der Waals surface area contributed by atoms with E-state index in [1.165, 1.54) is 16.2 Å². The topological polar surface area (TPSA) is 80.9 Å². The summed E-state index contributed by atoms with van der Waals surface area (Å²) in [7, 11) is 0. The van der Waals surface area contributed by atoms with Crippen LogP contribution in [0.5, 0.6) is 0 Å². The van der Waals surface area contributed by atoms with Gasteiger partial charge in [0, 0.05) is 23.6 Å². The number of carboxylic acids is 1. The van der Waals surface area contributed by atoms with Crippen LogP contribution in [-0.2, 0) is 23.5 Å². The van der Waals surface area contributed by atoms with Gasteiger partial charge in [0.05, 0.1) is 4.88 Å². The molecule has 6 nitrogen and oxygen atoms in total. The molecule has 0 saturated heterocycles. The van der Waals surface area contributed by atoms with Crippen molar-refractivity contribution in [1.29, 1.82) is 0 Å². The molecule has 0 radical (unpaired) electrons. The van der Waals surface area contributed by atoms with E-state index in [-0.39, 0.29) is 6.42 Å². The Bertz CT molecular complexity index is 599. The highest BCUT2D eigenvalue weighted by atomic mass is 32.2. The highest BCUT2D eigenvalue weighted by Crippen LogP contribution is 2.35. The fourth-order valence-electron chi connectivity index (χ4n) is 2.17. The lowest BCUT2D eigenvalue weighted by atomic mass is 10.2. The molecule has 106 valence electrons. The van der Waals surface area contributed by atoms with Crippen molar-refractivity contribution in [3.05, 3.63) is 16.5 Å². The van der Waals surface area contributed by atoms with E-state index >= 15 is 0 Å². The maximum atomic E-state index is 10.6. The third-order valence-electron chi connectivity index (χ3n) is 3.14. The Balaban J connectivity index is 1.78. The average Bonchev–Trinajstić information content (AvgIpc) is 3.03. The number of carbonyl (C=O) groups is 1. The van der Waals surface area contributed by atoms with Crippen LogP contribution in [0.1, 0.15) is 23.3 Å². The van der Waals surface area contributed by atoms with E-state index in [1.807, 2.05) is 11.8 Å². The van der Waals surface area contributed by atoms with Crippen molar-refractivity contribution in [2.24, 2.45) is 0 Å². The Morgan fingerprint density at radius 2 is 2.40 bits per heavy atom. The number of nitrogens with zero attached hydrogens (tertiary/aromatic N) is 4. The molecule has 3 rings (SSSR count). The van der Waals surface area contributed by atoms with Gasteiger partial charge in [0.15, 0.2) is 5.82 Å². The van der Waals surface area contributed by atoms with E-state index in [9.17, 15) is 4.79 Å². The second-order valence-electron chi connectivity index (χ2n) is 4.58. The molecule has 1 N–H and O–H groups in total. The van der Waals surface area contributed by atoms with Crippen LogP contribution in [0.25, 0.3) is 10.7 Å². The highest BCUT2D eigenvalue weighted by Gasteiger charge is 2.18. The van der Waals surface area contributed by atoms with Gasteiger partial charge in [-0.3, -0.25) is 4.79 Å². The molecule has 2 aromatic rings. The summed E-state index contributed by atoms with van der Waals surface area (Å²) in [6.45, 7) is 0.534. The number of aliphatic carboxylic acids is 1. The zero-order valence-corrected chi connectivity index (χ0v) is 12.4. The van der Waals surface area contributed by atoms with Gasteiger partial charge in [-0.15, -0.1) is 16.4 Å². The fourth-order valence-corrected chi connectivity index (χ4v) is 4.53. The molecule has 0 spiro atoms. The summed E-state index contributed by atoms with van der Waals surface area (Å²) in [5.74, 6) is 2.20. The van der Waals surface area contributed by atoms with Gasteiger partial charge < -0.3 is 5.11 Å². The van der Waals surface area contributed by atoms with Gasteiger partial charge in [-0.05, 0) is 40.7 Å². The SMILES string of the molecule is O=C(O)CCCn1nnnc1-c1cc2c(s1)CCSC2. The summed E-state index contributed by atoms with van der Waals surface area (Å²) in [5, 5.41) is 20.4. The molecule has 1 aliphatic heterocycles. The van der Waals surface area contributed by atoms with Crippen LogP contribution in [0.3, 0.4) is 0 Å². The Labute approximate surface area is 124 Å². The number of rotatable bonds is 5. The summed E-state index contributed by atoms with van der Waals surface area (Å²) < 4.78 is 1.70. The van der Waals surface area contributed by atoms with Gasteiger partial charge in [0.25, 0.3) is 0 Å². The number of thiophene rings is 1. The van der Waals surface area contributed by atoms with Gasteiger partial charge in [-0.2, -0.15) is 11.8 Å². The van der Waals surface area contributed by atoms with Gasteiger partial charge >= 0.3 is 5.97 Å². The molecule has 0 atom stereocenters. The summed E-state index contributed by atoms with van der Waals surface area (Å²) >= 11 is 3.71. The minimum Gasteiger partial charge on any atom is -0.481 e. The first-order valence-electron chi connectivity index (χ1n) is 6.41. The van der Waals surface area contributed by atoms with Crippen molar-refractivity contribution in [3.8, 4) is 10.7 Å². The predicted octanol–water partition coefficient (Wildman–Crippen LogP) is 2.06. The molecule has 0 saturated carbocycles. The van der Waals surface area contributed by atoms with E-state index in [4.69, 9.17) is 5.11 Å². The van der Waals surface area contributed by atoms with Gasteiger partial charge in [0.2, 0.25) is 0 Å². The Kier molecular flexibility index (Phi) is 4.02. The van der Waals surface area contributed by atoms with E-state index in [0.717, 1.165) is 22.9 Å². The predicted molar refractivity (Wildman–Crippen MR) is 77.9 cm³/mol. The molecule has 0 unspecified atom stereocenters. The van der Waals surface area contributed by atoms with Gasteiger partial charge in [-0.25, -0.2) is 4.68 Å². The molecular weight excluding hydrogens is 296 g/mol. The van der Waals surface area contributed by atoms with Crippen LogP contribution in [0.2, 0.25) is 0 Å². The van der Waals surface area contributed by atoms with Gasteiger partial charge in [0.1, 0.15) is 0 Å². The second-order valence-corrected chi connectivity index (χ2v) is 6.83. The third kappa shape index (κ3) is 2.85. The number of hydrogen-bond donors (Lipinski definition) is 1. The first-order valence-corrected chi connectivity index (χ1v) is 8.39. The van der Waals surface area contributed by atoms with Crippen LogP contribution < -0.4 is 0 Å². The molecule has 20 heavy (non-hydrogen) atoms. The van der Waals surface area contributed by atoms with Gasteiger partial charge in [-0.1, -0.05) is 0 Å². The maximum Gasteiger partial charge on any atom is 0.303 e. The smallest absolute Gasteiger partial charge is 0.303 e. The summed E-state index contributed by atoms with van der Waals surface area (Å²) in [6.07, 6.45) is 1.79. The standard InChI is InChI=1S/C12H14N4O2S2/c17-11(18)2-1-4-16-12(13-14-15-16)10-6-8-7-19-5-3-9(8)20-10/h6H,1-5,7H2,(H,17,18). The monoisotopic (exact) mass is 310 g/mol. The van der Waals surface area contributed by atoms with Crippen molar-refractivity contribution in [1.82, 2.24) is 20.2 Å². The van der Waals surface area contributed by atoms with E-state index in [1.54, 1.807) is 16.0 Å². The lowest BCUT2D eigenvalue weighted by Crippen LogP contribution is -2.05. The molecule has 0 bridgehead atoms. The molecular formula is C12H14N4O2S2. The molecule has 2 aromatic heterocycles. The van der Waals surface area contributed by atoms with Crippen molar-refractivity contribution in [2.45, 2.75) is 31.6 Å². The number of aromatic nitrogens is 4. The number of tetrazole rings is 1. The van der Waals surface area contributed by atoms with Crippen molar-refractivity contribution >= 4 is 29.1 Å². The average molecular weight is 310 g/mol. The minimum atomic E-state index is -0.789. The van der Waals surface area contributed by atoms with Crippen molar-refractivity contribution in [3.63, 3.8) is 0 Å². The van der Waals surface area contributed by atoms with Crippen LogP contribution in [0.4, 0.5) is 0 Å². The number of fused-ring (bicyclic) bond motifs is 1. The molecule has 1 aliphatic rings. The lowest BCUT2D eigenvalue weighted by molar-refractivity contribution is -0.137. The van der Waals surface area contributed by atoms with E-state index in [2.05, 4.69) is 21.6 Å². The molecule has 0 amide bonds. The Hall–Kier alpha value is -1.41. The minimum absolute atomic E-state index is 0.136.